The zero-order chi connectivity index (χ0) is 22.4. The van der Waals surface area contributed by atoms with Crippen molar-refractivity contribution in [2.45, 2.75) is 25.9 Å². The van der Waals surface area contributed by atoms with Crippen molar-refractivity contribution < 1.29 is 19.8 Å². The predicted molar refractivity (Wildman–Crippen MR) is 119 cm³/mol. The highest BCUT2D eigenvalue weighted by Gasteiger charge is 2.26. The average molecular weight is 420 g/mol. The number of hydrogen-bond acceptors (Lipinski definition) is 4. The monoisotopic (exact) mass is 420 g/mol. The quantitative estimate of drug-likeness (QED) is 0.430. The summed E-state index contributed by atoms with van der Waals surface area (Å²) in [6, 6.07) is 21.8. The van der Waals surface area contributed by atoms with Crippen molar-refractivity contribution in [3.8, 4) is 5.75 Å². The number of methoxy groups -OCH3 is 1. The summed E-state index contributed by atoms with van der Waals surface area (Å²) in [6.45, 7) is 3.84. The van der Waals surface area contributed by atoms with E-state index in [0.29, 0.717) is 5.75 Å². The van der Waals surface area contributed by atoms with Gasteiger partial charge in [-0.1, -0.05) is 60.2 Å². The zero-order valence-electron chi connectivity index (χ0n) is 17.7. The van der Waals surface area contributed by atoms with Gasteiger partial charge in [0.15, 0.2) is 6.04 Å². The van der Waals surface area contributed by atoms with Gasteiger partial charge in [0.05, 0.1) is 17.7 Å². The molecule has 0 bridgehead atoms. The Morgan fingerprint density at radius 3 is 2.29 bits per heavy atom. The number of non-ortho nitro benzene ring substituents is 1. The number of benzene rings is 3. The number of nitro benzene ring substituents is 1. The Kier molecular flexibility index (Phi) is 6.99. The van der Waals surface area contributed by atoms with Crippen LogP contribution in [0.4, 0.5) is 11.4 Å². The Hall–Kier alpha value is -3.71. The maximum absolute atomic E-state index is 12.9. The molecule has 0 heterocycles. The molecule has 0 aliphatic rings. The van der Waals surface area contributed by atoms with E-state index < -0.39 is 11.0 Å². The van der Waals surface area contributed by atoms with Gasteiger partial charge in [-0.2, -0.15) is 0 Å². The lowest BCUT2D eigenvalue weighted by molar-refractivity contribution is -0.704. The van der Waals surface area contributed by atoms with Crippen LogP contribution in [0.25, 0.3) is 0 Å². The van der Waals surface area contributed by atoms with Crippen LogP contribution in [0.5, 0.6) is 5.75 Å². The molecule has 0 aromatic heterocycles. The van der Waals surface area contributed by atoms with Crippen molar-refractivity contribution in [3.05, 3.63) is 99.6 Å². The van der Waals surface area contributed by atoms with Crippen LogP contribution in [0, 0.1) is 17.0 Å². The summed E-state index contributed by atoms with van der Waals surface area (Å²) in [5.74, 6) is 0.0936. The average Bonchev–Trinajstić information content (AvgIpc) is 2.78. The van der Waals surface area contributed by atoms with E-state index in [1.54, 1.807) is 0 Å². The molecule has 0 spiro atoms. The number of ether oxygens (including phenoxy) is 1. The Morgan fingerprint density at radius 1 is 1.03 bits per heavy atom. The highest BCUT2D eigenvalue weighted by Crippen LogP contribution is 2.29. The Bertz CT molecular complexity index is 1050. The largest absolute Gasteiger partial charge is 0.495 e. The molecule has 7 nitrogen and oxygen atoms in total. The third kappa shape index (κ3) is 5.46. The van der Waals surface area contributed by atoms with Crippen molar-refractivity contribution >= 4 is 17.3 Å². The van der Waals surface area contributed by atoms with E-state index in [2.05, 4.69) is 29.6 Å². The molecular weight excluding hydrogens is 394 g/mol. The van der Waals surface area contributed by atoms with E-state index in [1.165, 1.54) is 30.9 Å². The fourth-order valence-corrected chi connectivity index (χ4v) is 3.38. The van der Waals surface area contributed by atoms with Gasteiger partial charge >= 0.3 is 0 Å². The molecular formula is C24H26N3O4+. The maximum Gasteiger partial charge on any atom is 0.282 e. The van der Waals surface area contributed by atoms with E-state index in [4.69, 9.17) is 4.74 Å². The van der Waals surface area contributed by atoms with E-state index in [0.717, 1.165) is 11.1 Å². The second-order valence-corrected chi connectivity index (χ2v) is 7.41. The highest BCUT2D eigenvalue weighted by molar-refractivity contribution is 5.95. The van der Waals surface area contributed by atoms with Crippen LogP contribution >= 0.6 is 0 Å². The smallest absolute Gasteiger partial charge is 0.282 e. The molecule has 3 N–H and O–H groups in total. The highest BCUT2D eigenvalue weighted by atomic mass is 16.6. The number of quaternary nitrogens is 1. The lowest BCUT2D eigenvalue weighted by Gasteiger charge is -2.21. The van der Waals surface area contributed by atoms with Crippen LogP contribution < -0.4 is 15.4 Å². The van der Waals surface area contributed by atoms with Crippen molar-refractivity contribution in [1.29, 1.82) is 0 Å². The molecule has 0 aliphatic carbocycles. The number of aryl methyl sites for hydroxylation is 1. The number of nitrogens with zero attached hydrogens (tertiary/aromatic N) is 1. The van der Waals surface area contributed by atoms with Crippen molar-refractivity contribution in [2.75, 3.05) is 12.4 Å². The molecule has 1 amide bonds. The fraction of sp³-hybridized carbons (Fsp3) is 0.208. The van der Waals surface area contributed by atoms with Crippen LogP contribution in [0.3, 0.4) is 0 Å². The molecule has 2 atom stereocenters. The second kappa shape index (κ2) is 9.86. The molecule has 0 radical (unpaired) electrons. The number of carbonyl (C=O) groups excluding carboxylic acids is 1. The van der Waals surface area contributed by atoms with E-state index in [-0.39, 0.29) is 23.3 Å². The number of anilines is 1. The first-order valence-electron chi connectivity index (χ1n) is 9.99. The van der Waals surface area contributed by atoms with Gasteiger partial charge < -0.3 is 15.4 Å². The topological polar surface area (TPSA) is 98.1 Å². The SMILES string of the molecule is COc1ccc([N+](=O)[O-])cc1NC(=O)[C@@H](C)[NH2+][C@@H](c1ccccc1)c1ccc(C)cc1. The molecule has 0 fully saturated rings. The van der Waals surface area contributed by atoms with Crippen LogP contribution in [0.1, 0.15) is 29.7 Å². The van der Waals surface area contributed by atoms with Crippen molar-refractivity contribution in [2.24, 2.45) is 0 Å². The number of carbonyl (C=O) groups is 1. The van der Waals surface area contributed by atoms with Gasteiger partial charge in [-0.25, -0.2) is 0 Å². The molecule has 7 heteroatoms. The molecule has 3 aromatic rings. The summed E-state index contributed by atoms with van der Waals surface area (Å²) < 4.78 is 5.24. The number of hydrogen-bond donors (Lipinski definition) is 2. The molecule has 3 rings (SSSR count). The minimum Gasteiger partial charge on any atom is -0.495 e. The molecule has 31 heavy (non-hydrogen) atoms. The third-order valence-corrected chi connectivity index (χ3v) is 5.14. The first-order chi connectivity index (χ1) is 14.9. The second-order valence-electron chi connectivity index (χ2n) is 7.41. The van der Waals surface area contributed by atoms with Gasteiger partial charge in [0.25, 0.3) is 11.6 Å². The van der Waals surface area contributed by atoms with Crippen LogP contribution in [-0.4, -0.2) is 24.0 Å². The minimum atomic E-state index is -0.506. The van der Waals surface area contributed by atoms with Crippen molar-refractivity contribution in [1.82, 2.24) is 0 Å². The molecule has 0 aliphatic heterocycles. The standard InChI is InChI=1S/C24H25N3O4/c1-16-9-11-19(12-10-16)23(18-7-5-4-6-8-18)25-17(2)24(28)26-21-15-20(27(29)30)13-14-22(21)31-3/h4-15,17,23,25H,1-3H3,(H,26,28)/p+1/t17-,23+/m1/s1. The summed E-state index contributed by atoms with van der Waals surface area (Å²) in [5.41, 5.74) is 3.49. The van der Waals surface area contributed by atoms with E-state index in [9.17, 15) is 14.9 Å². The van der Waals surface area contributed by atoms with Crippen LogP contribution in [0.2, 0.25) is 0 Å². The number of nitrogens with one attached hydrogen (secondary N) is 1. The van der Waals surface area contributed by atoms with Gasteiger partial charge in [-0.3, -0.25) is 14.9 Å². The molecule has 3 aromatic carbocycles. The van der Waals surface area contributed by atoms with Crippen molar-refractivity contribution in [3.63, 3.8) is 0 Å². The van der Waals surface area contributed by atoms with Gasteiger partial charge in [-0.05, 0) is 19.9 Å². The van der Waals surface area contributed by atoms with Gasteiger partial charge in [0.2, 0.25) is 0 Å². The zero-order valence-corrected chi connectivity index (χ0v) is 17.7. The van der Waals surface area contributed by atoms with E-state index >= 15 is 0 Å². The summed E-state index contributed by atoms with van der Waals surface area (Å²) in [4.78, 5) is 23.5. The number of nitro groups is 1. The lowest BCUT2D eigenvalue weighted by Crippen LogP contribution is -2.92. The summed E-state index contributed by atoms with van der Waals surface area (Å²) in [5, 5.41) is 15.9. The minimum absolute atomic E-state index is 0.0745. The van der Waals surface area contributed by atoms with E-state index in [1.807, 2.05) is 49.5 Å². The molecule has 0 saturated heterocycles. The molecule has 0 unspecified atom stereocenters. The Balaban J connectivity index is 1.83. The number of amides is 1. The molecule has 160 valence electrons. The molecule has 0 saturated carbocycles. The third-order valence-electron chi connectivity index (χ3n) is 5.14. The van der Waals surface area contributed by atoms with Gasteiger partial charge in [0, 0.05) is 23.3 Å². The number of rotatable bonds is 8. The lowest BCUT2D eigenvalue weighted by atomic mass is 9.97. The Morgan fingerprint density at radius 2 is 1.68 bits per heavy atom. The van der Waals surface area contributed by atoms with Gasteiger partial charge in [0.1, 0.15) is 11.8 Å². The first kappa shape index (κ1) is 22.0. The summed E-state index contributed by atoms with van der Waals surface area (Å²) >= 11 is 0. The summed E-state index contributed by atoms with van der Waals surface area (Å²) in [6.07, 6.45) is 0. The van der Waals surface area contributed by atoms with Gasteiger partial charge in [-0.15, -0.1) is 0 Å². The fourth-order valence-electron chi connectivity index (χ4n) is 3.38. The first-order valence-corrected chi connectivity index (χ1v) is 9.99. The number of nitrogens with two attached hydrogens (primary N) is 1. The normalized spacial score (nSPS) is 12.6. The summed E-state index contributed by atoms with van der Waals surface area (Å²) in [7, 11) is 1.45. The van der Waals surface area contributed by atoms with Crippen LogP contribution in [0.15, 0.2) is 72.8 Å². The maximum atomic E-state index is 12.9. The van der Waals surface area contributed by atoms with Crippen LogP contribution in [-0.2, 0) is 4.79 Å². The predicted octanol–water partition coefficient (Wildman–Crippen LogP) is 3.59. The Labute approximate surface area is 181 Å².